The molecule has 0 unspecified atom stereocenters. The smallest absolute Gasteiger partial charge is 0.244 e. The largest absolute Gasteiger partial charge is 0.494 e. The van der Waals surface area contributed by atoms with Crippen LogP contribution in [0, 0.1) is 0 Å². The number of nitrogens with one attached hydrogen (secondary N) is 1. The Bertz CT molecular complexity index is 572. The van der Waals surface area contributed by atoms with Gasteiger partial charge in [-0.25, -0.2) is 13.1 Å². The molecule has 0 bridgehead atoms. The Morgan fingerprint density at radius 2 is 2.17 bits per heavy atom. The number of methoxy groups -OCH3 is 1. The molecule has 0 aliphatic heterocycles. The van der Waals surface area contributed by atoms with Gasteiger partial charge in [0.1, 0.15) is 4.90 Å². The van der Waals surface area contributed by atoms with Crippen molar-refractivity contribution in [3.63, 3.8) is 0 Å². The summed E-state index contributed by atoms with van der Waals surface area (Å²) in [6.45, 7) is 5.53. The van der Waals surface area contributed by atoms with Crippen LogP contribution in [0.2, 0.25) is 5.02 Å². The average molecular weight is 355 g/mol. The van der Waals surface area contributed by atoms with Crippen LogP contribution in [0.15, 0.2) is 33.7 Å². The number of hydrogen-bond acceptors (Lipinski definition) is 3. The maximum atomic E-state index is 12.1. The van der Waals surface area contributed by atoms with E-state index in [2.05, 4.69) is 27.2 Å². The number of sulfonamides is 1. The number of ether oxygens (including phenoxy) is 1. The standard InChI is InChI=1S/C11H13BrClNO3S/c1-7(2)6-14-18(15,16)10-5-8(13)4-9(12)11(10)17-3/h4-5,14H,1,6H2,2-3H3. The highest BCUT2D eigenvalue weighted by Gasteiger charge is 2.22. The van der Waals surface area contributed by atoms with Crippen molar-refractivity contribution >= 4 is 37.6 Å². The maximum Gasteiger partial charge on any atom is 0.244 e. The van der Waals surface area contributed by atoms with Gasteiger partial charge in [-0.05, 0) is 35.0 Å². The fourth-order valence-corrected chi connectivity index (χ4v) is 3.71. The predicted octanol–water partition coefficient (Wildman–Crippen LogP) is 2.97. The molecule has 18 heavy (non-hydrogen) atoms. The van der Waals surface area contributed by atoms with Crippen LogP contribution in [0.3, 0.4) is 0 Å². The van der Waals surface area contributed by atoms with Crippen molar-refractivity contribution < 1.29 is 13.2 Å². The second-order valence-electron chi connectivity index (χ2n) is 3.70. The normalized spacial score (nSPS) is 11.3. The van der Waals surface area contributed by atoms with E-state index in [0.29, 0.717) is 15.1 Å². The second kappa shape index (κ2) is 6.06. The van der Waals surface area contributed by atoms with E-state index in [4.69, 9.17) is 16.3 Å². The molecule has 0 fully saturated rings. The van der Waals surface area contributed by atoms with E-state index in [9.17, 15) is 8.42 Å². The van der Waals surface area contributed by atoms with Crippen molar-refractivity contribution in [2.45, 2.75) is 11.8 Å². The zero-order valence-corrected chi connectivity index (χ0v) is 13.1. The van der Waals surface area contributed by atoms with Gasteiger partial charge in [0, 0.05) is 11.6 Å². The molecule has 1 rings (SSSR count). The molecule has 0 spiro atoms. The van der Waals surface area contributed by atoms with Gasteiger partial charge in [-0.3, -0.25) is 0 Å². The summed E-state index contributed by atoms with van der Waals surface area (Å²) in [7, 11) is -2.30. The summed E-state index contributed by atoms with van der Waals surface area (Å²) in [6, 6.07) is 2.91. The molecule has 1 aromatic rings. The molecule has 0 amide bonds. The molecule has 7 heteroatoms. The van der Waals surface area contributed by atoms with E-state index < -0.39 is 10.0 Å². The first-order valence-electron chi connectivity index (χ1n) is 4.95. The first kappa shape index (κ1) is 15.5. The van der Waals surface area contributed by atoms with Crippen LogP contribution >= 0.6 is 27.5 Å². The lowest BCUT2D eigenvalue weighted by Crippen LogP contribution is -2.25. The lowest BCUT2D eigenvalue weighted by Gasteiger charge is -2.12. The van der Waals surface area contributed by atoms with Crippen LogP contribution in [-0.2, 0) is 10.0 Å². The molecular weight excluding hydrogens is 342 g/mol. The van der Waals surface area contributed by atoms with Crippen molar-refractivity contribution in [1.29, 1.82) is 0 Å². The molecule has 0 saturated carbocycles. The highest BCUT2D eigenvalue weighted by molar-refractivity contribution is 9.10. The van der Waals surface area contributed by atoms with E-state index in [1.807, 2.05) is 0 Å². The van der Waals surface area contributed by atoms with Gasteiger partial charge in [-0.1, -0.05) is 23.8 Å². The third kappa shape index (κ3) is 3.71. The quantitative estimate of drug-likeness (QED) is 0.827. The Kier molecular flexibility index (Phi) is 5.21. The van der Waals surface area contributed by atoms with Gasteiger partial charge in [0.25, 0.3) is 0 Å². The van der Waals surface area contributed by atoms with E-state index in [1.54, 1.807) is 13.0 Å². The predicted molar refractivity (Wildman–Crippen MR) is 75.7 cm³/mol. The zero-order chi connectivity index (χ0) is 13.9. The van der Waals surface area contributed by atoms with Gasteiger partial charge in [0.15, 0.2) is 5.75 Å². The van der Waals surface area contributed by atoms with Gasteiger partial charge >= 0.3 is 0 Å². The molecule has 0 saturated heterocycles. The van der Waals surface area contributed by atoms with Gasteiger partial charge in [0.05, 0.1) is 11.6 Å². The SMILES string of the molecule is C=C(C)CNS(=O)(=O)c1cc(Cl)cc(Br)c1OC. The monoisotopic (exact) mass is 353 g/mol. The Hall–Kier alpha value is -0.560. The summed E-state index contributed by atoms with van der Waals surface area (Å²) in [5, 5.41) is 0.304. The Morgan fingerprint density at radius 1 is 1.56 bits per heavy atom. The summed E-state index contributed by atoms with van der Waals surface area (Å²) >= 11 is 9.06. The minimum absolute atomic E-state index is 0.00868. The molecule has 0 atom stereocenters. The Balaban J connectivity index is 3.27. The number of hydrogen-bond donors (Lipinski definition) is 1. The number of rotatable bonds is 5. The van der Waals surface area contributed by atoms with Gasteiger partial charge in [-0.15, -0.1) is 0 Å². The minimum atomic E-state index is -3.69. The van der Waals surface area contributed by atoms with Crippen LogP contribution < -0.4 is 9.46 Å². The van der Waals surface area contributed by atoms with Crippen molar-refractivity contribution in [3.8, 4) is 5.75 Å². The van der Waals surface area contributed by atoms with E-state index in [-0.39, 0.29) is 17.2 Å². The second-order valence-corrected chi connectivity index (χ2v) is 6.73. The third-order valence-corrected chi connectivity index (χ3v) is 4.25. The van der Waals surface area contributed by atoms with Crippen LogP contribution in [0.5, 0.6) is 5.75 Å². The van der Waals surface area contributed by atoms with Crippen molar-refractivity contribution in [2.24, 2.45) is 0 Å². The average Bonchev–Trinajstić information content (AvgIpc) is 2.25. The van der Waals surface area contributed by atoms with Crippen LogP contribution in [0.4, 0.5) is 0 Å². The highest BCUT2D eigenvalue weighted by atomic mass is 79.9. The summed E-state index contributed by atoms with van der Waals surface area (Å²) in [4.78, 5) is -0.00868. The molecule has 1 N–H and O–H groups in total. The van der Waals surface area contributed by atoms with Crippen molar-refractivity contribution in [2.75, 3.05) is 13.7 Å². The lowest BCUT2D eigenvalue weighted by molar-refractivity contribution is 0.399. The van der Waals surface area contributed by atoms with Crippen molar-refractivity contribution in [3.05, 3.63) is 33.8 Å². The van der Waals surface area contributed by atoms with Crippen molar-refractivity contribution in [1.82, 2.24) is 4.72 Å². The highest BCUT2D eigenvalue weighted by Crippen LogP contribution is 2.35. The van der Waals surface area contributed by atoms with Gasteiger partial charge in [0.2, 0.25) is 10.0 Å². The fourth-order valence-electron chi connectivity index (χ4n) is 1.23. The maximum absolute atomic E-state index is 12.1. The summed E-state index contributed by atoms with van der Waals surface area (Å²) < 4.78 is 32.2. The topological polar surface area (TPSA) is 55.4 Å². The molecule has 0 aliphatic rings. The number of benzene rings is 1. The molecule has 4 nitrogen and oxygen atoms in total. The van der Waals surface area contributed by atoms with Crippen LogP contribution in [0.1, 0.15) is 6.92 Å². The molecule has 0 radical (unpaired) electrons. The van der Waals surface area contributed by atoms with E-state index in [1.165, 1.54) is 13.2 Å². The first-order valence-corrected chi connectivity index (χ1v) is 7.60. The lowest BCUT2D eigenvalue weighted by atomic mass is 10.3. The summed E-state index contributed by atoms with van der Waals surface area (Å²) in [5.41, 5.74) is 0.707. The third-order valence-electron chi connectivity index (χ3n) is 2.03. The summed E-state index contributed by atoms with van der Waals surface area (Å²) in [5.74, 6) is 0.216. The van der Waals surface area contributed by atoms with Gasteiger partial charge < -0.3 is 4.74 Å². The molecule has 0 heterocycles. The Morgan fingerprint density at radius 3 is 2.67 bits per heavy atom. The van der Waals surface area contributed by atoms with E-state index in [0.717, 1.165) is 0 Å². The molecule has 1 aromatic carbocycles. The van der Waals surface area contributed by atoms with Gasteiger partial charge in [-0.2, -0.15) is 0 Å². The number of halogens is 2. The molecule has 100 valence electrons. The molecular formula is C11H13BrClNO3S. The zero-order valence-electron chi connectivity index (χ0n) is 9.96. The first-order chi connectivity index (χ1) is 8.27. The summed E-state index contributed by atoms with van der Waals surface area (Å²) in [6.07, 6.45) is 0. The van der Waals surface area contributed by atoms with E-state index >= 15 is 0 Å². The molecule has 0 aliphatic carbocycles. The Labute approximate surface area is 120 Å². The van der Waals surface area contributed by atoms with Crippen LogP contribution in [0.25, 0.3) is 0 Å². The minimum Gasteiger partial charge on any atom is -0.494 e. The molecule has 0 aromatic heterocycles. The van der Waals surface area contributed by atoms with Crippen LogP contribution in [-0.4, -0.2) is 22.1 Å². The fraction of sp³-hybridized carbons (Fsp3) is 0.273.